The molecule has 4 rings (SSSR count). The Morgan fingerprint density at radius 3 is 2.52 bits per heavy atom. The minimum absolute atomic E-state index is 0.0434. The van der Waals surface area contributed by atoms with Crippen molar-refractivity contribution in [2.24, 2.45) is 0 Å². The first-order valence-corrected chi connectivity index (χ1v) is 10.0. The lowest BCUT2D eigenvalue weighted by Crippen LogP contribution is -2.28. The van der Waals surface area contributed by atoms with Crippen LogP contribution in [0.2, 0.25) is 0 Å². The van der Waals surface area contributed by atoms with Crippen molar-refractivity contribution < 1.29 is 4.79 Å². The number of fused-ring (bicyclic) bond motifs is 1. The van der Waals surface area contributed by atoms with Crippen LogP contribution in [0.15, 0.2) is 76.8 Å². The molecule has 0 radical (unpaired) electrons. The van der Waals surface area contributed by atoms with E-state index >= 15 is 0 Å². The van der Waals surface area contributed by atoms with Crippen LogP contribution in [0.3, 0.4) is 0 Å². The van der Waals surface area contributed by atoms with E-state index in [0.29, 0.717) is 22.7 Å². The normalized spacial score (nSPS) is 10.9. The van der Waals surface area contributed by atoms with Gasteiger partial charge in [-0.2, -0.15) is 5.10 Å². The van der Waals surface area contributed by atoms with E-state index in [-0.39, 0.29) is 17.2 Å². The molecule has 4 aromatic rings. The summed E-state index contributed by atoms with van der Waals surface area (Å²) in [5.41, 5.74) is 2.07. The number of hydrogen-bond acceptors (Lipinski definition) is 5. The van der Waals surface area contributed by atoms with E-state index in [1.807, 2.05) is 60.7 Å². The van der Waals surface area contributed by atoms with Crippen LogP contribution in [0.1, 0.15) is 5.56 Å². The number of carbonyl (C=O) groups excluding carboxylic acids is 1. The Bertz CT molecular complexity index is 1190. The number of carbonyl (C=O) groups is 1. The zero-order chi connectivity index (χ0) is 20.2. The Morgan fingerprint density at radius 1 is 1.10 bits per heavy atom. The molecule has 2 heterocycles. The molecule has 146 valence electrons. The van der Waals surface area contributed by atoms with E-state index in [9.17, 15) is 9.59 Å². The van der Waals surface area contributed by atoms with Crippen molar-refractivity contribution in [3.63, 3.8) is 0 Å². The molecule has 0 aliphatic heterocycles. The average Bonchev–Trinajstić information content (AvgIpc) is 3.18. The van der Waals surface area contributed by atoms with Gasteiger partial charge in [-0.3, -0.25) is 9.59 Å². The molecule has 0 unspecified atom stereocenters. The Hall–Kier alpha value is -3.39. The molecule has 0 aliphatic carbocycles. The molecule has 1 N–H and O–H groups in total. The summed E-state index contributed by atoms with van der Waals surface area (Å²) < 4.78 is 1.62. The van der Waals surface area contributed by atoms with Crippen LogP contribution >= 0.6 is 11.8 Å². The number of para-hydroxylation sites is 1. The highest BCUT2D eigenvalue weighted by Gasteiger charge is 2.14. The van der Waals surface area contributed by atoms with Crippen LogP contribution in [0.25, 0.3) is 16.7 Å². The molecule has 8 heteroatoms. The van der Waals surface area contributed by atoms with Crippen molar-refractivity contribution in [2.45, 2.75) is 11.7 Å². The quantitative estimate of drug-likeness (QED) is 0.394. The SMILES string of the molecule is CN(Cc1ccccc1)C(=O)CSc1nc2c(cnn2-c2ccccc2)c(=O)[nH]1. The van der Waals surface area contributed by atoms with Gasteiger partial charge >= 0.3 is 0 Å². The first kappa shape index (κ1) is 18.9. The number of H-pyrrole nitrogens is 1. The molecule has 0 atom stereocenters. The summed E-state index contributed by atoms with van der Waals surface area (Å²) in [5, 5.41) is 5.09. The molecule has 0 aliphatic rings. The molecule has 0 saturated carbocycles. The number of nitrogens with one attached hydrogen (secondary N) is 1. The smallest absolute Gasteiger partial charge is 0.262 e. The molecule has 0 bridgehead atoms. The van der Waals surface area contributed by atoms with Gasteiger partial charge in [-0.05, 0) is 17.7 Å². The lowest BCUT2D eigenvalue weighted by atomic mass is 10.2. The van der Waals surface area contributed by atoms with Gasteiger partial charge in [-0.25, -0.2) is 9.67 Å². The topological polar surface area (TPSA) is 83.9 Å². The molecular weight excluding hydrogens is 386 g/mol. The fourth-order valence-electron chi connectivity index (χ4n) is 2.91. The van der Waals surface area contributed by atoms with Gasteiger partial charge in [0, 0.05) is 13.6 Å². The summed E-state index contributed by atoms with van der Waals surface area (Å²) in [6.07, 6.45) is 1.50. The van der Waals surface area contributed by atoms with Gasteiger partial charge in [0.05, 0.1) is 17.6 Å². The van der Waals surface area contributed by atoms with Gasteiger partial charge in [-0.1, -0.05) is 60.3 Å². The second kappa shape index (κ2) is 8.32. The summed E-state index contributed by atoms with van der Waals surface area (Å²) in [6.45, 7) is 0.532. The Kier molecular flexibility index (Phi) is 5.44. The number of nitrogens with zero attached hydrogens (tertiary/aromatic N) is 4. The van der Waals surface area contributed by atoms with Gasteiger partial charge in [0.1, 0.15) is 5.39 Å². The van der Waals surface area contributed by atoms with Gasteiger partial charge in [0.25, 0.3) is 5.56 Å². The fraction of sp³-hybridized carbons (Fsp3) is 0.143. The maximum atomic E-state index is 12.5. The molecule has 7 nitrogen and oxygen atoms in total. The van der Waals surface area contributed by atoms with Gasteiger partial charge in [0.15, 0.2) is 10.8 Å². The maximum Gasteiger partial charge on any atom is 0.262 e. The number of thioether (sulfide) groups is 1. The molecule has 0 spiro atoms. The van der Waals surface area contributed by atoms with Crippen LogP contribution in [0.4, 0.5) is 0 Å². The standard InChI is InChI=1S/C21H19N5O2S/c1-25(13-15-8-4-2-5-9-15)18(27)14-29-21-23-19-17(20(28)24-21)12-22-26(19)16-10-6-3-7-11-16/h2-12H,13-14H2,1H3,(H,23,24,28). The molecule has 0 saturated heterocycles. The monoisotopic (exact) mass is 405 g/mol. The fourth-order valence-corrected chi connectivity index (χ4v) is 3.71. The van der Waals surface area contributed by atoms with Crippen molar-refractivity contribution >= 4 is 28.7 Å². The Labute approximate surface area is 171 Å². The number of aromatic nitrogens is 4. The van der Waals surface area contributed by atoms with E-state index < -0.39 is 0 Å². The Morgan fingerprint density at radius 2 is 1.79 bits per heavy atom. The van der Waals surface area contributed by atoms with E-state index in [1.165, 1.54) is 18.0 Å². The third kappa shape index (κ3) is 4.22. The van der Waals surface area contributed by atoms with Crippen LogP contribution in [-0.2, 0) is 11.3 Å². The van der Waals surface area contributed by atoms with E-state index in [4.69, 9.17) is 0 Å². The summed E-state index contributed by atoms with van der Waals surface area (Å²) in [6, 6.07) is 19.3. The highest BCUT2D eigenvalue weighted by molar-refractivity contribution is 7.99. The highest BCUT2D eigenvalue weighted by Crippen LogP contribution is 2.18. The minimum atomic E-state index is -0.273. The number of aromatic amines is 1. The van der Waals surface area contributed by atoms with E-state index in [0.717, 1.165) is 11.3 Å². The number of rotatable bonds is 6. The van der Waals surface area contributed by atoms with Gasteiger partial charge in [-0.15, -0.1) is 0 Å². The van der Waals surface area contributed by atoms with E-state index in [2.05, 4.69) is 15.1 Å². The highest BCUT2D eigenvalue weighted by atomic mass is 32.2. The van der Waals surface area contributed by atoms with Crippen molar-refractivity contribution in [1.82, 2.24) is 24.6 Å². The minimum Gasteiger partial charge on any atom is -0.341 e. The summed E-state index contributed by atoms with van der Waals surface area (Å²) in [7, 11) is 1.76. The van der Waals surface area contributed by atoms with Gasteiger partial charge in [0.2, 0.25) is 5.91 Å². The molecule has 2 aromatic carbocycles. The molecular formula is C21H19N5O2S. The lowest BCUT2D eigenvalue weighted by molar-refractivity contribution is -0.127. The predicted octanol–water partition coefficient (Wildman–Crippen LogP) is 2.86. The largest absolute Gasteiger partial charge is 0.341 e. The van der Waals surface area contributed by atoms with Crippen molar-refractivity contribution in [3.05, 3.63) is 82.8 Å². The summed E-state index contributed by atoms with van der Waals surface area (Å²) in [4.78, 5) is 33.8. The van der Waals surface area contributed by atoms with Crippen molar-refractivity contribution in [3.8, 4) is 5.69 Å². The van der Waals surface area contributed by atoms with Crippen LogP contribution in [0, 0.1) is 0 Å². The lowest BCUT2D eigenvalue weighted by Gasteiger charge is -2.16. The second-order valence-electron chi connectivity index (χ2n) is 6.52. The molecule has 1 amide bonds. The van der Waals surface area contributed by atoms with E-state index in [1.54, 1.807) is 16.6 Å². The predicted molar refractivity (Wildman–Crippen MR) is 113 cm³/mol. The maximum absolute atomic E-state index is 12.5. The summed E-state index contributed by atoms with van der Waals surface area (Å²) >= 11 is 1.20. The zero-order valence-corrected chi connectivity index (χ0v) is 16.6. The average molecular weight is 405 g/mol. The number of benzene rings is 2. The van der Waals surface area contributed by atoms with Crippen molar-refractivity contribution in [1.29, 1.82) is 0 Å². The van der Waals surface area contributed by atoms with Crippen LogP contribution in [0.5, 0.6) is 0 Å². The summed E-state index contributed by atoms with van der Waals surface area (Å²) in [5.74, 6) is 0.134. The Balaban J connectivity index is 1.51. The molecule has 29 heavy (non-hydrogen) atoms. The van der Waals surface area contributed by atoms with Crippen molar-refractivity contribution in [2.75, 3.05) is 12.8 Å². The first-order chi connectivity index (χ1) is 14.1. The number of amides is 1. The third-order valence-electron chi connectivity index (χ3n) is 4.44. The van der Waals surface area contributed by atoms with Crippen LogP contribution in [-0.4, -0.2) is 43.4 Å². The van der Waals surface area contributed by atoms with Crippen LogP contribution < -0.4 is 5.56 Å². The third-order valence-corrected chi connectivity index (χ3v) is 5.30. The molecule has 2 aromatic heterocycles. The number of hydrogen-bond donors (Lipinski definition) is 1. The van der Waals surface area contributed by atoms with Gasteiger partial charge < -0.3 is 9.88 Å². The first-order valence-electron chi connectivity index (χ1n) is 9.06. The molecule has 0 fully saturated rings. The second-order valence-corrected chi connectivity index (χ2v) is 7.49. The zero-order valence-electron chi connectivity index (χ0n) is 15.8.